The van der Waals surface area contributed by atoms with E-state index in [2.05, 4.69) is 14.9 Å². The maximum absolute atomic E-state index is 13.0. The molecule has 1 aromatic heterocycles. The molecule has 1 heterocycles. The van der Waals surface area contributed by atoms with Crippen molar-refractivity contribution in [2.75, 3.05) is 4.72 Å². The number of nitrogens with one attached hydrogen (secondary N) is 2. The van der Waals surface area contributed by atoms with Crippen molar-refractivity contribution >= 4 is 15.8 Å². The Morgan fingerprint density at radius 3 is 2.62 bits per heavy atom. The summed E-state index contributed by atoms with van der Waals surface area (Å²) in [5.74, 6) is 0.123. The summed E-state index contributed by atoms with van der Waals surface area (Å²) >= 11 is 0. The summed E-state index contributed by atoms with van der Waals surface area (Å²) in [5, 5.41) is 15.3. The number of aromatic amines is 1. The van der Waals surface area contributed by atoms with Crippen LogP contribution in [0.3, 0.4) is 0 Å². The van der Waals surface area contributed by atoms with Crippen LogP contribution in [0, 0.1) is 11.3 Å². The van der Waals surface area contributed by atoms with Gasteiger partial charge in [-0.1, -0.05) is 20.3 Å². The Balaban J connectivity index is 2.33. The first-order valence-electron chi connectivity index (χ1n) is 7.78. The van der Waals surface area contributed by atoms with E-state index in [0.717, 1.165) is 30.7 Å². The van der Waals surface area contributed by atoms with Crippen molar-refractivity contribution in [3.63, 3.8) is 0 Å². The zero-order valence-electron chi connectivity index (χ0n) is 14.1. The predicted molar refractivity (Wildman–Crippen MR) is 88.9 cm³/mol. The lowest BCUT2D eigenvalue weighted by atomic mass is 10.0. The highest BCUT2D eigenvalue weighted by atomic mass is 32.2. The second-order valence-electron chi connectivity index (χ2n) is 5.82. The number of halogens is 3. The zero-order valence-corrected chi connectivity index (χ0v) is 14.9. The molecule has 0 radical (unpaired) electrons. The van der Waals surface area contributed by atoms with Crippen LogP contribution in [0.25, 0.3) is 0 Å². The fourth-order valence-electron chi connectivity index (χ4n) is 2.45. The van der Waals surface area contributed by atoms with Gasteiger partial charge in [0.05, 0.1) is 22.1 Å². The number of nitrogens with zero attached hydrogens (tertiary/aromatic N) is 2. The largest absolute Gasteiger partial charge is 0.417 e. The SMILES string of the molecule is CCCC(C)c1cc(NS(=O)(=O)c2ccc(C#N)c(C(F)(F)F)c2)n[nH]1. The predicted octanol–water partition coefficient (Wildman–Crippen LogP) is 4.00. The molecule has 0 amide bonds. The van der Waals surface area contributed by atoms with E-state index in [4.69, 9.17) is 5.26 Å². The first-order chi connectivity index (χ1) is 12.1. The normalized spacial score (nSPS) is 13.2. The van der Waals surface area contributed by atoms with E-state index in [-0.39, 0.29) is 11.7 Å². The number of aromatic nitrogens is 2. The van der Waals surface area contributed by atoms with Gasteiger partial charge in [0.15, 0.2) is 5.82 Å². The fourth-order valence-corrected chi connectivity index (χ4v) is 3.47. The van der Waals surface area contributed by atoms with Gasteiger partial charge < -0.3 is 0 Å². The van der Waals surface area contributed by atoms with Gasteiger partial charge in [-0.3, -0.25) is 9.82 Å². The number of alkyl halides is 3. The van der Waals surface area contributed by atoms with E-state index in [1.54, 1.807) is 0 Å². The summed E-state index contributed by atoms with van der Waals surface area (Å²) in [6.45, 7) is 3.96. The van der Waals surface area contributed by atoms with E-state index in [1.165, 1.54) is 12.1 Å². The van der Waals surface area contributed by atoms with Crippen LogP contribution in [0.5, 0.6) is 0 Å². The third kappa shape index (κ3) is 4.35. The molecule has 2 aromatic rings. The Morgan fingerprint density at radius 1 is 1.35 bits per heavy atom. The van der Waals surface area contributed by atoms with Gasteiger partial charge in [0.25, 0.3) is 10.0 Å². The van der Waals surface area contributed by atoms with Crippen molar-refractivity contribution in [3.8, 4) is 6.07 Å². The number of hydrogen-bond donors (Lipinski definition) is 2. The van der Waals surface area contributed by atoms with Crippen LogP contribution < -0.4 is 4.72 Å². The van der Waals surface area contributed by atoms with Crippen molar-refractivity contribution in [2.45, 2.75) is 43.7 Å². The summed E-state index contributed by atoms with van der Waals surface area (Å²) in [7, 11) is -4.29. The molecular weight excluding hydrogens is 369 g/mol. The van der Waals surface area contributed by atoms with Gasteiger partial charge >= 0.3 is 6.18 Å². The van der Waals surface area contributed by atoms with Crippen molar-refractivity contribution < 1.29 is 21.6 Å². The van der Waals surface area contributed by atoms with Gasteiger partial charge in [-0.05, 0) is 30.5 Å². The monoisotopic (exact) mass is 386 g/mol. The molecule has 0 bridgehead atoms. The van der Waals surface area contributed by atoms with Crippen LogP contribution >= 0.6 is 0 Å². The van der Waals surface area contributed by atoms with Crippen LogP contribution in [0.1, 0.15) is 49.4 Å². The van der Waals surface area contributed by atoms with E-state index >= 15 is 0 Å². The minimum atomic E-state index is -4.84. The van der Waals surface area contributed by atoms with Crippen molar-refractivity contribution in [1.82, 2.24) is 10.2 Å². The van der Waals surface area contributed by atoms with E-state index in [0.29, 0.717) is 6.07 Å². The molecule has 1 atom stereocenters. The molecule has 10 heteroatoms. The first kappa shape index (κ1) is 19.8. The molecule has 0 aliphatic rings. The first-order valence-corrected chi connectivity index (χ1v) is 9.26. The highest BCUT2D eigenvalue weighted by Crippen LogP contribution is 2.33. The van der Waals surface area contributed by atoms with E-state index in [9.17, 15) is 21.6 Å². The number of hydrogen-bond acceptors (Lipinski definition) is 4. The number of benzene rings is 1. The van der Waals surface area contributed by atoms with Gasteiger partial charge in [0.1, 0.15) is 0 Å². The third-order valence-corrected chi connectivity index (χ3v) is 5.17. The second-order valence-corrected chi connectivity index (χ2v) is 7.50. The maximum Gasteiger partial charge on any atom is 0.417 e. The Hall–Kier alpha value is -2.54. The Kier molecular flexibility index (Phi) is 5.61. The molecule has 0 aliphatic carbocycles. The molecule has 0 spiro atoms. The lowest BCUT2D eigenvalue weighted by Crippen LogP contribution is -2.15. The molecule has 26 heavy (non-hydrogen) atoms. The molecule has 2 N–H and O–H groups in total. The summed E-state index contributed by atoms with van der Waals surface area (Å²) < 4.78 is 65.9. The topological polar surface area (TPSA) is 98.6 Å². The van der Waals surface area contributed by atoms with Crippen LogP contribution in [-0.2, 0) is 16.2 Å². The second kappa shape index (κ2) is 7.37. The molecule has 2 rings (SSSR count). The quantitative estimate of drug-likeness (QED) is 0.784. The number of H-pyrrole nitrogens is 1. The Labute approximate surface area is 149 Å². The fraction of sp³-hybridized carbons (Fsp3) is 0.375. The van der Waals surface area contributed by atoms with Crippen molar-refractivity contribution in [1.29, 1.82) is 5.26 Å². The van der Waals surface area contributed by atoms with Crippen LogP contribution in [-0.4, -0.2) is 18.6 Å². The Bertz CT molecular complexity index is 930. The molecular formula is C16H17F3N4O2S. The highest BCUT2D eigenvalue weighted by Gasteiger charge is 2.35. The Morgan fingerprint density at radius 2 is 2.04 bits per heavy atom. The third-order valence-electron chi connectivity index (χ3n) is 3.82. The summed E-state index contributed by atoms with van der Waals surface area (Å²) in [4.78, 5) is -0.602. The van der Waals surface area contributed by atoms with Gasteiger partial charge in [0, 0.05) is 11.8 Å². The molecule has 6 nitrogen and oxygen atoms in total. The number of rotatable bonds is 6. The summed E-state index contributed by atoms with van der Waals surface area (Å²) in [6, 6.07) is 5.13. The van der Waals surface area contributed by atoms with E-state index < -0.39 is 32.2 Å². The van der Waals surface area contributed by atoms with Crippen LogP contribution in [0.2, 0.25) is 0 Å². The molecule has 1 unspecified atom stereocenters. The average molecular weight is 386 g/mol. The lowest BCUT2D eigenvalue weighted by molar-refractivity contribution is -0.137. The molecule has 1 aromatic carbocycles. The van der Waals surface area contributed by atoms with Crippen molar-refractivity contribution in [3.05, 3.63) is 41.1 Å². The summed E-state index contributed by atoms with van der Waals surface area (Å²) in [5.41, 5.74) is -1.23. The minimum absolute atomic E-state index is 0.0131. The minimum Gasteiger partial charge on any atom is -0.280 e. The van der Waals surface area contributed by atoms with Crippen molar-refractivity contribution in [2.24, 2.45) is 0 Å². The number of nitriles is 1. The summed E-state index contributed by atoms with van der Waals surface area (Å²) in [6.07, 6.45) is -3.03. The highest BCUT2D eigenvalue weighted by molar-refractivity contribution is 7.92. The molecule has 0 aliphatic heterocycles. The maximum atomic E-state index is 13.0. The van der Waals surface area contributed by atoms with Gasteiger partial charge in [-0.15, -0.1) is 0 Å². The molecule has 0 fully saturated rings. The van der Waals surface area contributed by atoms with Crippen LogP contribution in [0.4, 0.5) is 19.0 Å². The molecule has 0 saturated carbocycles. The smallest absolute Gasteiger partial charge is 0.280 e. The van der Waals surface area contributed by atoms with Gasteiger partial charge in [-0.25, -0.2) is 8.42 Å². The molecule has 0 saturated heterocycles. The standard InChI is InChI=1S/C16H17F3N4O2S/c1-3-4-10(2)14-8-15(22-21-14)23-26(24,25)12-6-5-11(9-20)13(7-12)16(17,18)19/h5-8,10H,3-4H2,1-2H3,(H2,21,22,23). The molecule has 140 valence electrons. The average Bonchev–Trinajstić information content (AvgIpc) is 3.01. The van der Waals surface area contributed by atoms with Crippen LogP contribution in [0.15, 0.2) is 29.2 Å². The lowest BCUT2D eigenvalue weighted by Gasteiger charge is -2.11. The number of anilines is 1. The van der Waals surface area contributed by atoms with Gasteiger partial charge in [0.2, 0.25) is 0 Å². The zero-order chi connectivity index (χ0) is 19.5. The number of sulfonamides is 1. The van der Waals surface area contributed by atoms with Gasteiger partial charge in [-0.2, -0.15) is 23.5 Å². The van der Waals surface area contributed by atoms with E-state index in [1.807, 2.05) is 13.8 Å².